The molecule has 0 amide bonds. The van der Waals surface area contributed by atoms with Gasteiger partial charge in [0.25, 0.3) is 0 Å². The standard InChI is InChI=1S/C13H20N4O/c1-3-5-12-15-13(18-16-12)10-17-7-6-11(9-17)8-14-4-2/h6-7,9,14H,3-5,8,10H2,1-2H3. The Morgan fingerprint density at radius 1 is 1.39 bits per heavy atom. The lowest BCUT2D eigenvalue weighted by atomic mass is 10.3. The zero-order chi connectivity index (χ0) is 12.8. The average Bonchev–Trinajstić information content (AvgIpc) is 2.98. The fourth-order valence-corrected chi connectivity index (χ4v) is 1.80. The number of hydrogen-bond acceptors (Lipinski definition) is 4. The summed E-state index contributed by atoms with van der Waals surface area (Å²) in [6, 6.07) is 2.10. The summed E-state index contributed by atoms with van der Waals surface area (Å²) in [7, 11) is 0. The quantitative estimate of drug-likeness (QED) is 0.814. The highest BCUT2D eigenvalue weighted by Crippen LogP contribution is 2.06. The Kier molecular flexibility index (Phi) is 4.52. The van der Waals surface area contributed by atoms with E-state index < -0.39 is 0 Å². The second-order valence-corrected chi connectivity index (χ2v) is 4.33. The molecule has 2 aromatic rings. The minimum Gasteiger partial charge on any atom is -0.345 e. The van der Waals surface area contributed by atoms with Crippen LogP contribution in [-0.4, -0.2) is 21.3 Å². The molecular formula is C13H20N4O. The lowest BCUT2D eigenvalue weighted by Gasteiger charge is -1.98. The molecule has 0 aliphatic rings. The van der Waals surface area contributed by atoms with Crippen LogP contribution in [0.5, 0.6) is 0 Å². The van der Waals surface area contributed by atoms with Crippen LogP contribution in [-0.2, 0) is 19.5 Å². The number of aryl methyl sites for hydroxylation is 1. The molecule has 0 aromatic carbocycles. The number of rotatable bonds is 7. The molecule has 0 atom stereocenters. The van der Waals surface area contributed by atoms with Crippen molar-refractivity contribution in [1.29, 1.82) is 0 Å². The van der Waals surface area contributed by atoms with Crippen LogP contribution in [0.2, 0.25) is 0 Å². The summed E-state index contributed by atoms with van der Waals surface area (Å²) in [5.74, 6) is 1.47. The van der Waals surface area contributed by atoms with Crippen LogP contribution < -0.4 is 5.32 Å². The molecule has 0 bridgehead atoms. The molecule has 2 heterocycles. The van der Waals surface area contributed by atoms with E-state index in [2.05, 4.69) is 46.1 Å². The lowest BCUT2D eigenvalue weighted by molar-refractivity contribution is 0.366. The van der Waals surface area contributed by atoms with E-state index in [-0.39, 0.29) is 0 Å². The van der Waals surface area contributed by atoms with E-state index in [9.17, 15) is 0 Å². The zero-order valence-corrected chi connectivity index (χ0v) is 11.0. The number of nitrogens with zero attached hydrogens (tertiary/aromatic N) is 3. The smallest absolute Gasteiger partial charge is 0.246 e. The first-order valence-corrected chi connectivity index (χ1v) is 6.48. The molecule has 1 N–H and O–H groups in total. The van der Waals surface area contributed by atoms with Gasteiger partial charge >= 0.3 is 0 Å². The lowest BCUT2D eigenvalue weighted by Crippen LogP contribution is -2.11. The van der Waals surface area contributed by atoms with Crippen molar-refractivity contribution in [3.05, 3.63) is 35.7 Å². The highest BCUT2D eigenvalue weighted by Gasteiger charge is 2.06. The summed E-state index contributed by atoms with van der Waals surface area (Å²) in [5, 5.41) is 7.24. The average molecular weight is 248 g/mol. The molecule has 0 spiro atoms. The molecule has 0 aliphatic carbocycles. The topological polar surface area (TPSA) is 55.9 Å². The SMILES string of the molecule is CCCc1noc(Cn2ccc(CNCC)c2)n1. The van der Waals surface area contributed by atoms with E-state index in [4.69, 9.17) is 4.52 Å². The molecule has 0 aliphatic heterocycles. The highest BCUT2D eigenvalue weighted by atomic mass is 16.5. The number of hydrogen-bond donors (Lipinski definition) is 1. The Labute approximate surface area is 107 Å². The molecule has 0 saturated heterocycles. The van der Waals surface area contributed by atoms with Gasteiger partial charge < -0.3 is 14.4 Å². The van der Waals surface area contributed by atoms with Gasteiger partial charge in [-0.1, -0.05) is 19.0 Å². The van der Waals surface area contributed by atoms with Gasteiger partial charge in [0.15, 0.2) is 5.82 Å². The first-order valence-electron chi connectivity index (χ1n) is 6.48. The van der Waals surface area contributed by atoms with E-state index >= 15 is 0 Å². The van der Waals surface area contributed by atoms with Gasteiger partial charge in [0.2, 0.25) is 5.89 Å². The fraction of sp³-hybridized carbons (Fsp3) is 0.538. The van der Waals surface area contributed by atoms with Gasteiger partial charge in [-0.3, -0.25) is 0 Å². The molecule has 18 heavy (non-hydrogen) atoms. The third kappa shape index (κ3) is 3.43. The maximum Gasteiger partial charge on any atom is 0.246 e. The van der Waals surface area contributed by atoms with Crippen molar-refractivity contribution >= 4 is 0 Å². The first kappa shape index (κ1) is 12.8. The minimum absolute atomic E-state index is 0.642. The summed E-state index contributed by atoms with van der Waals surface area (Å²) >= 11 is 0. The van der Waals surface area contributed by atoms with Crippen molar-refractivity contribution in [2.24, 2.45) is 0 Å². The van der Waals surface area contributed by atoms with Gasteiger partial charge in [-0.25, -0.2) is 0 Å². The molecule has 2 rings (SSSR count). The van der Waals surface area contributed by atoms with Crippen LogP contribution in [0.1, 0.15) is 37.5 Å². The predicted octanol–water partition coefficient (Wildman–Crippen LogP) is 1.98. The fourth-order valence-electron chi connectivity index (χ4n) is 1.80. The van der Waals surface area contributed by atoms with Gasteiger partial charge in [0.05, 0.1) is 0 Å². The van der Waals surface area contributed by atoms with Crippen molar-refractivity contribution in [3.8, 4) is 0 Å². The maximum atomic E-state index is 5.21. The summed E-state index contributed by atoms with van der Waals surface area (Å²) in [6.07, 6.45) is 6.05. The molecule has 0 radical (unpaired) electrons. The van der Waals surface area contributed by atoms with Crippen LogP contribution in [0, 0.1) is 0 Å². The van der Waals surface area contributed by atoms with E-state index in [1.54, 1.807) is 0 Å². The summed E-state index contributed by atoms with van der Waals surface area (Å²) < 4.78 is 7.28. The summed E-state index contributed by atoms with van der Waals surface area (Å²) in [5.41, 5.74) is 1.27. The monoisotopic (exact) mass is 248 g/mol. The number of nitrogens with one attached hydrogen (secondary N) is 1. The predicted molar refractivity (Wildman–Crippen MR) is 69.2 cm³/mol. The van der Waals surface area contributed by atoms with Crippen LogP contribution in [0.4, 0.5) is 0 Å². The molecule has 98 valence electrons. The summed E-state index contributed by atoms with van der Waals surface area (Å²) in [4.78, 5) is 4.35. The summed E-state index contributed by atoms with van der Waals surface area (Å²) in [6.45, 7) is 6.73. The third-order valence-electron chi connectivity index (χ3n) is 2.69. The Balaban J connectivity index is 1.93. The van der Waals surface area contributed by atoms with Crippen LogP contribution in [0.25, 0.3) is 0 Å². The molecule has 5 heteroatoms. The molecule has 0 unspecified atom stereocenters. The van der Waals surface area contributed by atoms with Crippen molar-refractivity contribution in [3.63, 3.8) is 0 Å². The van der Waals surface area contributed by atoms with Crippen molar-refractivity contribution in [1.82, 2.24) is 20.0 Å². The Morgan fingerprint density at radius 3 is 3.06 bits per heavy atom. The Morgan fingerprint density at radius 2 is 2.28 bits per heavy atom. The van der Waals surface area contributed by atoms with E-state index in [0.717, 1.165) is 31.8 Å². The number of aromatic nitrogens is 3. The van der Waals surface area contributed by atoms with Crippen LogP contribution >= 0.6 is 0 Å². The van der Waals surface area contributed by atoms with Crippen molar-refractivity contribution in [2.75, 3.05) is 6.54 Å². The van der Waals surface area contributed by atoms with E-state index in [1.165, 1.54) is 5.56 Å². The van der Waals surface area contributed by atoms with E-state index in [0.29, 0.717) is 12.4 Å². The second-order valence-electron chi connectivity index (χ2n) is 4.33. The zero-order valence-electron chi connectivity index (χ0n) is 11.0. The highest BCUT2D eigenvalue weighted by molar-refractivity contribution is 5.10. The Bertz CT molecular complexity index is 475. The van der Waals surface area contributed by atoms with Crippen LogP contribution in [0.15, 0.2) is 23.0 Å². The third-order valence-corrected chi connectivity index (χ3v) is 2.69. The van der Waals surface area contributed by atoms with E-state index in [1.807, 2.05) is 6.20 Å². The molecule has 0 saturated carbocycles. The molecule has 5 nitrogen and oxygen atoms in total. The largest absolute Gasteiger partial charge is 0.345 e. The molecular weight excluding hydrogens is 228 g/mol. The van der Waals surface area contributed by atoms with Gasteiger partial charge in [-0.2, -0.15) is 4.98 Å². The minimum atomic E-state index is 0.642. The van der Waals surface area contributed by atoms with Gasteiger partial charge in [0, 0.05) is 25.4 Å². The van der Waals surface area contributed by atoms with Gasteiger partial charge in [-0.15, -0.1) is 0 Å². The van der Waals surface area contributed by atoms with Crippen LogP contribution in [0.3, 0.4) is 0 Å². The first-order chi connectivity index (χ1) is 8.81. The van der Waals surface area contributed by atoms with Crippen molar-refractivity contribution < 1.29 is 4.52 Å². The molecule has 0 fully saturated rings. The maximum absolute atomic E-state index is 5.21. The van der Waals surface area contributed by atoms with Gasteiger partial charge in [-0.05, 0) is 24.6 Å². The Hall–Kier alpha value is -1.62. The normalized spacial score (nSPS) is 11.0. The second kappa shape index (κ2) is 6.35. The van der Waals surface area contributed by atoms with Gasteiger partial charge in [0.1, 0.15) is 6.54 Å². The molecule has 2 aromatic heterocycles. The van der Waals surface area contributed by atoms with Crippen molar-refractivity contribution in [2.45, 2.75) is 39.8 Å².